The van der Waals surface area contributed by atoms with Crippen LogP contribution in [0.3, 0.4) is 0 Å². The van der Waals surface area contributed by atoms with Gasteiger partial charge in [-0.15, -0.1) is 0 Å². The van der Waals surface area contributed by atoms with E-state index in [1.165, 1.54) is 24.3 Å². The molecule has 0 spiro atoms. The highest BCUT2D eigenvalue weighted by Crippen LogP contribution is 2.41. The molecule has 0 atom stereocenters. The number of piperidine rings is 1. The van der Waals surface area contributed by atoms with Crippen LogP contribution >= 0.6 is 0 Å². The van der Waals surface area contributed by atoms with Gasteiger partial charge in [-0.25, -0.2) is 14.9 Å². The summed E-state index contributed by atoms with van der Waals surface area (Å²) in [7, 11) is 0. The molecule has 51 heavy (non-hydrogen) atoms. The number of allylic oxidation sites excluding steroid dienone is 1. The first-order valence-electron chi connectivity index (χ1n) is 16.4. The van der Waals surface area contributed by atoms with Gasteiger partial charge in [0, 0.05) is 49.1 Å². The van der Waals surface area contributed by atoms with Crippen molar-refractivity contribution in [3.63, 3.8) is 0 Å². The summed E-state index contributed by atoms with van der Waals surface area (Å²) < 4.78 is 20.6. The maximum atomic E-state index is 15.0. The van der Waals surface area contributed by atoms with Crippen LogP contribution in [0.4, 0.5) is 10.2 Å². The fourth-order valence-electron chi connectivity index (χ4n) is 5.94. The quantitative estimate of drug-likeness (QED) is 0.0733. The Kier molecular flexibility index (Phi) is 11.3. The van der Waals surface area contributed by atoms with Gasteiger partial charge in [-0.1, -0.05) is 36.4 Å². The Bertz CT molecular complexity index is 2020. The minimum Gasteiger partial charge on any atom is -0.504 e. The lowest BCUT2D eigenvalue weighted by Gasteiger charge is -2.34. The van der Waals surface area contributed by atoms with Gasteiger partial charge in [0.15, 0.2) is 11.5 Å². The second-order valence-corrected chi connectivity index (χ2v) is 13.1. The van der Waals surface area contributed by atoms with Crippen LogP contribution in [0.2, 0.25) is 0 Å². The number of hydrogen-bond acceptors (Lipinski definition) is 10. The Morgan fingerprint density at radius 3 is 2.39 bits per heavy atom. The number of nitriles is 2. The number of hydrogen-bond donors (Lipinski definition) is 5. The minimum absolute atomic E-state index is 0.0452. The van der Waals surface area contributed by atoms with E-state index in [2.05, 4.69) is 11.4 Å². The molecule has 0 unspecified atom stereocenters. The van der Waals surface area contributed by atoms with Crippen molar-refractivity contribution in [3.05, 3.63) is 101 Å². The molecule has 11 nitrogen and oxygen atoms in total. The van der Waals surface area contributed by atoms with E-state index >= 15 is 0 Å². The van der Waals surface area contributed by atoms with Crippen LogP contribution in [-0.2, 0) is 11.3 Å². The molecule has 0 aliphatic carbocycles. The van der Waals surface area contributed by atoms with Gasteiger partial charge in [0.1, 0.15) is 35.9 Å². The Hall–Kier alpha value is -5.79. The lowest BCUT2D eigenvalue weighted by molar-refractivity contribution is -0.124. The van der Waals surface area contributed by atoms with Gasteiger partial charge in [-0.3, -0.25) is 10.0 Å². The van der Waals surface area contributed by atoms with E-state index in [1.54, 1.807) is 50.6 Å². The highest BCUT2D eigenvalue weighted by Gasteiger charge is 2.26. The number of benzene rings is 3. The molecule has 262 valence electrons. The van der Waals surface area contributed by atoms with Gasteiger partial charge in [0.05, 0.1) is 11.2 Å². The van der Waals surface area contributed by atoms with E-state index < -0.39 is 17.3 Å². The number of halogens is 1. The van der Waals surface area contributed by atoms with Crippen LogP contribution in [0.25, 0.3) is 27.8 Å². The highest BCUT2D eigenvalue weighted by atomic mass is 19.1. The zero-order valence-corrected chi connectivity index (χ0v) is 28.6. The SMILES string of the molecule is C/C(=C\C(=O)NO)c1ccc(CNC2CCN(c3ncc(-c4ccc(OCC(C)(C)O)c(O)c4)c(-c4ccc(C#N)c(F)c4)c3C#N)CC2)cc1. The summed E-state index contributed by atoms with van der Waals surface area (Å²) in [6, 6.07) is 21.1. The second kappa shape index (κ2) is 15.8. The van der Waals surface area contributed by atoms with Gasteiger partial charge >= 0.3 is 0 Å². The van der Waals surface area contributed by atoms with E-state index in [9.17, 15) is 29.9 Å². The van der Waals surface area contributed by atoms with Crippen LogP contribution in [0.15, 0.2) is 72.9 Å². The van der Waals surface area contributed by atoms with E-state index in [1.807, 2.05) is 35.2 Å². The van der Waals surface area contributed by atoms with Gasteiger partial charge in [0.25, 0.3) is 5.91 Å². The number of amides is 1. The van der Waals surface area contributed by atoms with Crippen molar-refractivity contribution in [2.75, 3.05) is 24.6 Å². The first-order valence-corrected chi connectivity index (χ1v) is 16.4. The van der Waals surface area contributed by atoms with Gasteiger partial charge < -0.3 is 25.2 Å². The van der Waals surface area contributed by atoms with Crippen LogP contribution in [-0.4, -0.2) is 57.7 Å². The van der Waals surface area contributed by atoms with Crippen LogP contribution < -0.4 is 20.4 Å². The second-order valence-electron chi connectivity index (χ2n) is 13.1. The third-order valence-electron chi connectivity index (χ3n) is 8.66. The molecule has 1 amide bonds. The predicted octanol–water partition coefficient (Wildman–Crippen LogP) is 5.82. The molecule has 1 aromatic heterocycles. The summed E-state index contributed by atoms with van der Waals surface area (Å²) >= 11 is 0. The molecule has 2 heterocycles. The number of aromatic nitrogens is 1. The summed E-state index contributed by atoms with van der Waals surface area (Å²) in [6.45, 7) is 6.79. The zero-order chi connectivity index (χ0) is 36.7. The van der Waals surface area contributed by atoms with Crippen LogP contribution in [0.5, 0.6) is 11.5 Å². The van der Waals surface area contributed by atoms with Crippen molar-refractivity contribution in [1.29, 1.82) is 10.5 Å². The molecule has 0 radical (unpaired) electrons. The molecule has 12 heteroatoms. The number of nitrogens with zero attached hydrogens (tertiary/aromatic N) is 4. The maximum Gasteiger partial charge on any atom is 0.267 e. The number of phenols is 1. The highest BCUT2D eigenvalue weighted by molar-refractivity contribution is 5.94. The molecule has 5 N–H and O–H groups in total. The van der Waals surface area contributed by atoms with E-state index in [4.69, 9.17) is 14.9 Å². The van der Waals surface area contributed by atoms with Gasteiger partial charge in [-0.2, -0.15) is 10.5 Å². The van der Waals surface area contributed by atoms with Crippen molar-refractivity contribution < 1.29 is 29.3 Å². The third-order valence-corrected chi connectivity index (χ3v) is 8.66. The Morgan fingerprint density at radius 2 is 1.78 bits per heavy atom. The van der Waals surface area contributed by atoms with E-state index in [0.717, 1.165) is 29.5 Å². The van der Waals surface area contributed by atoms with Crippen molar-refractivity contribution in [2.24, 2.45) is 0 Å². The van der Waals surface area contributed by atoms with E-state index in [0.29, 0.717) is 47.7 Å². The first kappa shape index (κ1) is 36.5. The Labute approximate surface area is 295 Å². The maximum absolute atomic E-state index is 15.0. The first-order chi connectivity index (χ1) is 24.4. The smallest absolute Gasteiger partial charge is 0.267 e. The number of ether oxygens (including phenoxy) is 1. The minimum atomic E-state index is -1.11. The molecule has 1 aliphatic heterocycles. The van der Waals surface area contributed by atoms with Gasteiger partial charge in [-0.05, 0) is 85.7 Å². The molecular formula is C39H39FN6O5. The monoisotopic (exact) mass is 690 g/mol. The normalized spacial score (nSPS) is 13.7. The lowest BCUT2D eigenvalue weighted by Crippen LogP contribution is -2.42. The Morgan fingerprint density at radius 1 is 1.08 bits per heavy atom. The summed E-state index contributed by atoms with van der Waals surface area (Å²) in [5.74, 6) is -0.854. The lowest BCUT2D eigenvalue weighted by atomic mass is 9.91. The molecule has 4 aromatic rings. The van der Waals surface area contributed by atoms with Crippen molar-refractivity contribution >= 4 is 17.3 Å². The average molecular weight is 691 g/mol. The molecule has 0 bridgehead atoms. The topological polar surface area (TPSA) is 175 Å². The van der Waals surface area contributed by atoms with Crippen LogP contribution in [0.1, 0.15) is 55.9 Å². The molecular weight excluding hydrogens is 651 g/mol. The third kappa shape index (κ3) is 8.87. The van der Waals surface area contributed by atoms with Crippen molar-refractivity contribution in [3.8, 4) is 45.9 Å². The molecule has 1 saturated heterocycles. The summed E-state index contributed by atoms with van der Waals surface area (Å²) in [6.07, 6.45) is 4.50. The number of carbonyl (C=O) groups excluding carboxylic acids is 1. The number of phenolic OH excluding ortho intramolecular Hbond substituents is 1. The number of pyridine rings is 1. The predicted molar refractivity (Wildman–Crippen MR) is 190 cm³/mol. The van der Waals surface area contributed by atoms with Gasteiger partial charge in [0.2, 0.25) is 0 Å². The standard InChI is InChI=1S/C39H39FN6O5/c1-24(16-36(48)45-50)26-6-4-25(5-7-26)21-43-30-12-14-46(15-13-30)38-31(20-42)37(28-8-9-29(19-41)33(40)17-28)32(22-44-38)27-10-11-35(34(47)18-27)51-23-39(2,3)49/h4-11,16-18,22,30,43,47,49-50H,12-15,21,23H2,1-3H3,(H,45,48)/b24-16+. The van der Waals surface area contributed by atoms with Crippen molar-refractivity contribution in [1.82, 2.24) is 15.8 Å². The largest absolute Gasteiger partial charge is 0.504 e. The molecule has 1 fully saturated rings. The number of hydroxylamine groups is 1. The number of aromatic hydroxyl groups is 1. The number of nitrogens with one attached hydrogen (secondary N) is 2. The summed E-state index contributed by atoms with van der Waals surface area (Å²) in [5, 5.41) is 53.1. The molecule has 1 aliphatic rings. The number of carbonyl (C=O) groups is 1. The molecule has 0 saturated carbocycles. The summed E-state index contributed by atoms with van der Waals surface area (Å²) in [5.41, 5.74) is 5.07. The molecule has 3 aromatic carbocycles. The molecule has 5 rings (SSSR count). The fourth-order valence-corrected chi connectivity index (χ4v) is 5.94. The van der Waals surface area contributed by atoms with E-state index in [-0.39, 0.29) is 35.3 Å². The number of anilines is 1. The Balaban J connectivity index is 1.37. The number of aliphatic hydroxyl groups is 1. The zero-order valence-electron chi connectivity index (χ0n) is 28.6. The fraction of sp³-hybridized carbons (Fsp3) is 0.282. The van der Waals surface area contributed by atoms with Crippen LogP contribution in [0, 0.1) is 28.5 Å². The summed E-state index contributed by atoms with van der Waals surface area (Å²) in [4.78, 5) is 18.2. The van der Waals surface area contributed by atoms with Crippen molar-refractivity contribution in [2.45, 2.75) is 51.8 Å². The average Bonchev–Trinajstić information content (AvgIpc) is 3.12. The number of rotatable bonds is 11.